The quantitative estimate of drug-likeness (QED) is 0.439. The lowest BCUT2D eigenvalue weighted by Crippen LogP contribution is -2.30. The van der Waals surface area contributed by atoms with Crippen LogP contribution in [-0.2, 0) is 9.53 Å². The largest absolute Gasteiger partial charge is 0.497 e. The molecule has 0 aliphatic heterocycles. The van der Waals surface area contributed by atoms with Crippen molar-refractivity contribution in [2.24, 2.45) is 5.41 Å². The molecule has 0 N–H and O–H groups in total. The fraction of sp³-hybridized carbons (Fsp3) is 0.500. The zero-order valence-electron chi connectivity index (χ0n) is 12.8. The van der Waals surface area contributed by atoms with Crippen LogP contribution in [0.15, 0.2) is 24.3 Å². The molecular weight excluding hydrogens is 292 g/mol. The van der Waals surface area contributed by atoms with E-state index in [9.17, 15) is 9.59 Å². The lowest BCUT2D eigenvalue weighted by molar-refractivity contribution is -0.142. The number of rotatable bonds is 7. The number of hydrogen-bond donors (Lipinski definition) is 0. The molecule has 1 aromatic rings. The summed E-state index contributed by atoms with van der Waals surface area (Å²) < 4.78 is 9.71. The molecule has 5 heteroatoms. The highest BCUT2D eigenvalue weighted by molar-refractivity contribution is 6.23. The minimum absolute atomic E-state index is 0.0596. The molecule has 0 bridgehead atoms. The second kappa shape index (κ2) is 7.46. The third kappa shape index (κ3) is 5.05. The molecule has 21 heavy (non-hydrogen) atoms. The van der Waals surface area contributed by atoms with Crippen molar-refractivity contribution in [3.8, 4) is 5.75 Å². The number of methoxy groups -OCH3 is 2. The first-order chi connectivity index (χ1) is 9.80. The number of esters is 1. The average molecular weight is 313 g/mol. The molecule has 1 rings (SSSR count). The van der Waals surface area contributed by atoms with E-state index in [0.29, 0.717) is 11.3 Å². The maximum atomic E-state index is 12.2. The van der Waals surface area contributed by atoms with Gasteiger partial charge in [-0.3, -0.25) is 9.59 Å². The zero-order chi connectivity index (χ0) is 16.0. The Balaban J connectivity index is 2.69. The predicted molar refractivity (Wildman–Crippen MR) is 82.0 cm³/mol. The Hall–Kier alpha value is -1.55. The van der Waals surface area contributed by atoms with E-state index in [1.165, 1.54) is 7.11 Å². The van der Waals surface area contributed by atoms with Gasteiger partial charge in [0.15, 0.2) is 5.78 Å². The van der Waals surface area contributed by atoms with E-state index in [0.717, 1.165) is 0 Å². The van der Waals surface area contributed by atoms with Gasteiger partial charge in [0.1, 0.15) is 5.75 Å². The van der Waals surface area contributed by atoms with Crippen LogP contribution in [0.3, 0.4) is 0 Å². The Morgan fingerprint density at radius 2 is 1.76 bits per heavy atom. The van der Waals surface area contributed by atoms with E-state index in [4.69, 9.17) is 16.3 Å². The molecule has 0 radical (unpaired) electrons. The van der Waals surface area contributed by atoms with Crippen molar-refractivity contribution in [3.05, 3.63) is 29.8 Å². The molecule has 0 aromatic heterocycles. The molecule has 0 spiro atoms. The normalized spacial score (nSPS) is 12.6. The average Bonchev–Trinajstić information content (AvgIpc) is 2.46. The summed E-state index contributed by atoms with van der Waals surface area (Å²) in [7, 11) is 2.91. The van der Waals surface area contributed by atoms with Crippen LogP contribution in [0.25, 0.3) is 0 Å². The molecule has 0 saturated heterocycles. The standard InChI is InChI=1S/C16H21ClO4/c1-16(2,10-15(19)21-4)14(17)9-13(18)11-5-7-12(20-3)8-6-11/h5-8,14H,9-10H2,1-4H3. The van der Waals surface area contributed by atoms with E-state index in [1.54, 1.807) is 31.4 Å². The number of Topliss-reactive ketones (excluding diaryl/α,β-unsaturated/α-hetero) is 1. The van der Waals surface area contributed by atoms with Gasteiger partial charge in [-0.2, -0.15) is 0 Å². The van der Waals surface area contributed by atoms with Crippen LogP contribution in [0.4, 0.5) is 0 Å². The fourth-order valence-corrected chi connectivity index (χ4v) is 2.11. The van der Waals surface area contributed by atoms with Crippen LogP contribution in [0, 0.1) is 5.41 Å². The van der Waals surface area contributed by atoms with Gasteiger partial charge in [-0.05, 0) is 29.7 Å². The van der Waals surface area contributed by atoms with Crippen molar-refractivity contribution in [2.45, 2.75) is 32.1 Å². The fourth-order valence-electron chi connectivity index (χ4n) is 1.89. The number of ketones is 1. The molecule has 1 atom stereocenters. The maximum Gasteiger partial charge on any atom is 0.306 e. The van der Waals surface area contributed by atoms with Gasteiger partial charge in [0, 0.05) is 17.4 Å². The molecule has 0 fully saturated rings. The summed E-state index contributed by atoms with van der Waals surface area (Å²) in [6.45, 7) is 3.70. The van der Waals surface area contributed by atoms with E-state index in [1.807, 2.05) is 13.8 Å². The van der Waals surface area contributed by atoms with Gasteiger partial charge in [-0.15, -0.1) is 11.6 Å². The summed E-state index contributed by atoms with van der Waals surface area (Å²) in [6.07, 6.45) is 0.339. The van der Waals surface area contributed by atoms with Crippen molar-refractivity contribution in [3.63, 3.8) is 0 Å². The van der Waals surface area contributed by atoms with Gasteiger partial charge in [0.25, 0.3) is 0 Å². The van der Waals surface area contributed by atoms with Crippen molar-refractivity contribution < 1.29 is 19.1 Å². The topological polar surface area (TPSA) is 52.6 Å². The molecule has 1 aromatic carbocycles. The molecule has 0 heterocycles. The summed E-state index contributed by atoms with van der Waals surface area (Å²) in [4.78, 5) is 23.6. The smallest absolute Gasteiger partial charge is 0.306 e. The first-order valence-corrected chi connectivity index (χ1v) is 7.12. The maximum absolute atomic E-state index is 12.2. The summed E-state index contributed by atoms with van der Waals surface area (Å²) in [5.41, 5.74) is 0.0619. The molecule has 0 aliphatic rings. The van der Waals surface area contributed by atoms with Gasteiger partial charge < -0.3 is 9.47 Å². The highest BCUT2D eigenvalue weighted by Gasteiger charge is 2.32. The summed E-state index contributed by atoms with van der Waals surface area (Å²) in [6, 6.07) is 6.88. The first kappa shape index (κ1) is 17.5. The Morgan fingerprint density at radius 3 is 2.24 bits per heavy atom. The van der Waals surface area contributed by atoms with Gasteiger partial charge in [0.05, 0.1) is 20.6 Å². The molecule has 1 unspecified atom stereocenters. The number of hydrogen-bond acceptors (Lipinski definition) is 4. The second-order valence-corrected chi connectivity index (χ2v) is 6.09. The highest BCUT2D eigenvalue weighted by atomic mass is 35.5. The Labute approximate surface area is 130 Å². The third-order valence-corrected chi connectivity index (χ3v) is 4.20. The van der Waals surface area contributed by atoms with E-state index < -0.39 is 10.8 Å². The van der Waals surface area contributed by atoms with Crippen molar-refractivity contribution in [1.82, 2.24) is 0 Å². The predicted octanol–water partition coefficient (Wildman–Crippen LogP) is 3.46. The minimum atomic E-state index is -0.517. The second-order valence-electron chi connectivity index (χ2n) is 5.56. The summed E-state index contributed by atoms with van der Waals surface area (Å²) in [5, 5.41) is -0.453. The van der Waals surface area contributed by atoms with Gasteiger partial charge >= 0.3 is 5.97 Å². The Morgan fingerprint density at radius 1 is 1.19 bits per heavy atom. The first-order valence-electron chi connectivity index (χ1n) is 6.68. The van der Waals surface area contributed by atoms with Crippen LogP contribution in [0.5, 0.6) is 5.75 Å². The molecule has 116 valence electrons. The van der Waals surface area contributed by atoms with Crippen molar-refractivity contribution in [2.75, 3.05) is 14.2 Å². The number of alkyl halides is 1. The Kier molecular flexibility index (Phi) is 6.21. The number of carbonyl (C=O) groups excluding carboxylic acids is 2. The van der Waals surface area contributed by atoms with Crippen molar-refractivity contribution in [1.29, 1.82) is 0 Å². The molecule has 0 aliphatic carbocycles. The SMILES string of the molecule is COC(=O)CC(C)(C)C(Cl)CC(=O)c1ccc(OC)cc1. The minimum Gasteiger partial charge on any atom is -0.497 e. The molecule has 4 nitrogen and oxygen atoms in total. The summed E-state index contributed by atoms with van der Waals surface area (Å²) >= 11 is 6.32. The van der Waals surface area contributed by atoms with E-state index in [2.05, 4.69) is 4.74 Å². The number of benzene rings is 1. The van der Waals surface area contributed by atoms with Crippen LogP contribution in [0.1, 0.15) is 37.0 Å². The van der Waals surface area contributed by atoms with Gasteiger partial charge in [0.2, 0.25) is 0 Å². The lowest BCUT2D eigenvalue weighted by Gasteiger charge is -2.28. The van der Waals surface area contributed by atoms with Crippen molar-refractivity contribution >= 4 is 23.4 Å². The third-order valence-electron chi connectivity index (χ3n) is 3.45. The van der Waals surface area contributed by atoms with Gasteiger partial charge in [-0.25, -0.2) is 0 Å². The van der Waals surface area contributed by atoms with E-state index in [-0.39, 0.29) is 24.6 Å². The monoisotopic (exact) mass is 312 g/mol. The van der Waals surface area contributed by atoms with Crippen LogP contribution in [0.2, 0.25) is 0 Å². The molecule has 0 saturated carbocycles. The van der Waals surface area contributed by atoms with Crippen LogP contribution >= 0.6 is 11.6 Å². The molecule has 0 amide bonds. The Bertz CT molecular complexity index is 494. The zero-order valence-corrected chi connectivity index (χ0v) is 13.6. The highest BCUT2D eigenvalue weighted by Crippen LogP contribution is 2.33. The van der Waals surface area contributed by atoms with Crippen LogP contribution in [-0.4, -0.2) is 31.3 Å². The number of halogens is 1. The number of ether oxygens (including phenoxy) is 2. The van der Waals surface area contributed by atoms with Crippen LogP contribution < -0.4 is 4.74 Å². The van der Waals surface area contributed by atoms with Gasteiger partial charge in [-0.1, -0.05) is 13.8 Å². The number of carbonyl (C=O) groups is 2. The lowest BCUT2D eigenvalue weighted by atomic mass is 9.82. The molecular formula is C16H21ClO4. The van der Waals surface area contributed by atoms with E-state index >= 15 is 0 Å². The summed E-state index contributed by atoms with van der Waals surface area (Å²) in [5.74, 6) is 0.304.